The van der Waals surface area contributed by atoms with Gasteiger partial charge in [0.2, 0.25) is 15.9 Å². The van der Waals surface area contributed by atoms with E-state index in [4.69, 9.17) is 21.1 Å². The summed E-state index contributed by atoms with van der Waals surface area (Å²) in [5.41, 5.74) is 3.23. The van der Waals surface area contributed by atoms with Gasteiger partial charge < -0.3 is 14.4 Å². The van der Waals surface area contributed by atoms with Gasteiger partial charge in [0.15, 0.2) is 6.29 Å². The number of hydrogen-bond acceptors (Lipinski definition) is 8. The third-order valence-corrected chi connectivity index (χ3v) is 9.26. The Bertz CT molecular complexity index is 1420. The number of sulfonamides is 1. The quantitative estimate of drug-likeness (QED) is 0.342. The van der Waals surface area contributed by atoms with Crippen LogP contribution in [0.4, 0.5) is 0 Å². The summed E-state index contributed by atoms with van der Waals surface area (Å²) in [4.78, 5) is 19.5. The van der Waals surface area contributed by atoms with Gasteiger partial charge in [-0.1, -0.05) is 54.9 Å². The molecule has 41 heavy (non-hydrogen) atoms. The number of carbonyl (C=O) groups is 1. The lowest BCUT2D eigenvalue weighted by atomic mass is 10.0. The lowest BCUT2D eigenvalue weighted by molar-refractivity contribution is -0.182. The minimum Gasteiger partial charge on any atom is -0.353 e. The van der Waals surface area contributed by atoms with E-state index in [1.807, 2.05) is 44.2 Å². The van der Waals surface area contributed by atoms with Crippen LogP contribution in [-0.4, -0.2) is 81.4 Å². The number of benzene rings is 1. The molecule has 0 bridgehead atoms. The van der Waals surface area contributed by atoms with Gasteiger partial charge in [-0.25, -0.2) is 13.4 Å². The first-order valence-electron chi connectivity index (χ1n) is 13.8. The molecule has 2 fully saturated rings. The third kappa shape index (κ3) is 7.31. The molecule has 1 aromatic carbocycles. The van der Waals surface area contributed by atoms with Gasteiger partial charge in [0.1, 0.15) is 16.9 Å². The van der Waals surface area contributed by atoms with E-state index < -0.39 is 16.1 Å². The van der Waals surface area contributed by atoms with Crippen LogP contribution in [0.1, 0.15) is 37.9 Å². The molecule has 5 rings (SSSR count). The molecule has 2 aromatic heterocycles. The highest BCUT2D eigenvalue weighted by atomic mass is 35.5. The van der Waals surface area contributed by atoms with E-state index in [1.165, 1.54) is 4.31 Å². The zero-order valence-electron chi connectivity index (χ0n) is 23.2. The number of halogens is 1. The van der Waals surface area contributed by atoms with Crippen molar-refractivity contribution in [1.82, 2.24) is 29.2 Å². The largest absolute Gasteiger partial charge is 0.353 e. The topological polar surface area (TPSA) is 120 Å². The second-order valence-corrected chi connectivity index (χ2v) is 13.1. The van der Waals surface area contributed by atoms with Crippen molar-refractivity contribution in [2.45, 2.75) is 58.7 Å². The van der Waals surface area contributed by atoms with Crippen molar-refractivity contribution >= 4 is 27.5 Å². The lowest BCUT2D eigenvalue weighted by Crippen LogP contribution is -2.49. The van der Waals surface area contributed by atoms with Crippen molar-refractivity contribution in [2.75, 3.05) is 25.5 Å². The highest BCUT2D eigenvalue weighted by molar-refractivity contribution is 7.89. The summed E-state index contributed by atoms with van der Waals surface area (Å²) in [5, 5.41) is 8.83. The Labute approximate surface area is 245 Å². The fourth-order valence-electron chi connectivity index (χ4n) is 5.09. The summed E-state index contributed by atoms with van der Waals surface area (Å²) in [5.74, 6) is -0.631. The zero-order valence-corrected chi connectivity index (χ0v) is 24.8. The van der Waals surface area contributed by atoms with E-state index in [-0.39, 0.29) is 43.5 Å². The van der Waals surface area contributed by atoms with Crippen LogP contribution >= 0.6 is 11.6 Å². The monoisotopic (exact) mass is 602 g/mol. The smallest absolute Gasteiger partial charge is 0.241 e. The Morgan fingerprint density at radius 1 is 1.05 bits per heavy atom. The van der Waals surface area contributed by atoms with Crippen molar-refractivity contribution in [3.8, 4) is 11.1 Å². The number of ether oxygens (including phenoxy) is 2. The van der Waals surface area contributed by atoms with E-state index in [1.54, 1.807) is 28.0 Å². The first-order chi connectivity index (χ1) is 19.7. The lowest BCUT2D eigenvalue weighted by Gasteiger charge is -2.32. The Hall–Kier alpha value is -2.90. The number of amides is 1. The average Bonchev–Trinajstić information content (AvgIpc) is 3.39. The molecule has 2 saturated heterocycles. The molecule has 4 heterocycles. The van der Waals surface area contributed by atoms with Crippen LogP contribution in [0.25, 0.3) is 11.1 Å². The first kappa shape index (κ1) is 29.6. The molecule has 2 aliphatic rings. The Morgan fingerprint density at radius 3 is 2.46 bits per heavy atom. The van der Waals surface area contributed by atoms with E-state index in [0.29, 0.717) is 37.0 Å². The summed E-state index contributed by atoms with van der Waals surface area (Å²) < 4.78 is 41.2. The summed E-state index contributed by atoms with van der Waals surface area (Å²) >= 11 is 5.90. The zero-order chi connectivity index (χ0) is 29.0. The number of carbonyl (C=O) groups excluding carboxylic acids is 1. The molecule has 1 amide bonds. The van der Waals surface area contributed by atoms with Crippen LogP contribution in [-0.2, 0) is 43.9 Å². The van der Waals surface area contributed by atoms with Gasteiger partial charge in [-0.3, -0.25) is 9.48 Å². The highest BCUT2D eigenvalue weighted by Crippen LogP contribution is 2.27. The average molecular weight is 603 g/mol. The van der Waals surface area contributed by atoms with Crippen LogP contribution in [0.3, 0.4) is 0 Å². The maximum Gasteiger partial charge on any atom is 0.241 e. The third-order valence-electron chi connectivity index (χ3n) is 7.26. The van der Waals surface area contributed by atoms with Gasteiger partial charge in [-0.2, -0.15) is 4.31 Å². The molecule has 1 unspecified atom stereocenters. The minimum atomic E-state index is -3.72. The SMILES string of the molecule is CC(C)C1C(=O)N(Cc2cn(CCC3OCCCO3)nn2)CCS(=O)(=O)N1Cc1ccc(-c2ccc(Cl)nc2)cc1. The molecular weight excluding hydrogens is 568 g/mol. The van der Waals surface area contributed by atoms with Gasteiger partial charge in [0, 0.05) is 37.8 Å². The maximum atomic E-state index is 13.8. The first-order valence-corrected chi connectivity index (χ1v) is 15.8. The molecule has 0 radical (unpaired) electrons. The number of aryl methyl sites for hydroxylation is 1. The molecule has 11 nitrogen and oxygen atoms in total. The Morgan fingerprint density at radius 2 is 1.78 bits per heavy atom. The predicted octanol–water partition coefficient (Wildman–Crippen LogP) is 3.35. The molecule has 0 aliphatic carbocycles. The van der Waals surface area contributed by atoms with Crippen molar-refractivity contribution in [3.05, 3.63) is 65.2 Å². The highest BCUT2D eigenvalue weighted by Gasteiger charge is 2.42. The van der Waals surface area contributed by atoms with Crippen LogP contribution in [0.5, 0.6) is 0 Å². The van der Waals surface area contributed by atoms with Crippen LogP contribution in [0, 0.1) is 5.92 Å². The second kappa shape index (κ2) is 13.0. The normalized spacial score (nSPS) is 20.4. The molecule has 2 aliphatic heterocycles. The number of rotatable bonds is 9. The van der Waals surface area contributed by atoms with Crippen molar-refractivity contribution < 1.29 is 22.7 Å². The molecule has 1 atom stereocenters. The van der Waals surface area contributed by atoms with Crippen molar-refractivity contribution in [1.29, 1.82) is 0 Å². The Balaban J connectivity index is 1.28. The fourth-order valence-corrected chi connectivity index (χ4v) is 6.92. The van der Waals surface area contributed by atoms with Crippen LogP contribution < -0.4 is 0 Å². The van der Waals surface area contributed by atoms with E-state index in [9.17, 15) is 13.2 Å². The summed E-state index contributed by atoms with van der Waals surface area (Å²) in [6, 6.07) is 10.4. The van der Waals surface area contributed by atoms with Gasteiger partial charge in [0.25, 0.3) is 0 Å². The molecule has 220 valence electrons. The van der Waals surface area contributed by atoms with E-state index in [0.717, 1.165) is 23.1 Å². The minimum absolute atomic E-state index is 0.0833. The number of aromatic nitrogens is 4. The molecule has 3 aromatic rings. The molecule has 0 N–H and O–H groups in total. The number of pyridine rings is 1. The van der Waals surface area contributed by atoms with Crippen molar-refractivity contribution in [2.24, 2.45) is 5.92 Å². The molecule has 13 heteroatoms. The number of hydrogen-bond donors (Lipinski definition) is 0. The van der Waals surface area contributed by atoms with E-state index in [2.05, 4.69) is 15.3 Å². The van der Waals surface area contributed by atoms with Crippen LogP contribution in [0.2, 0.25) is 5.15 Å². The number of nitrogens with zero attached hydrogens (tertiary/aromatic N) is 6. The van der Waals surface area contributed by atoms with Crippen LogP contribution in [0.15, 0.2) is 48.8 Å². The molecule has 0 saturated carbocycles. The standard InChI is InChI=1S/C28H35ClN6O5S/c1-20(2)27-28(36)33(18-24-19-34(32-31-24)11-10-26-39-13-3-14-40-26)12-15-41(37,38)35(27)17-21-4-6-22(7-5-21)23-8-9-25(29)30-16-23/h4-9,16,19-20,26-27H,3,10-15,17-18H2,1-2H3. The summed E-state index contributed by atoms with van der Waals surface area (Å²) in [6.45, 7) is 6.06. The van der Waals surface area contributed by atoms with Gasteiger partial charge in [0.05, 0.1) is 31.7 Å². The van der Waals surface area contributed by atoms with Gasteiger partial charge in [-0.05, 0) is 35.6 Å². The summed E-state index contributed by atoms with van der Waals surface area (Å²) in [6.07, 6.45) is 4.77. The molecular formula is C28H35ClN6O5S. The van der Waals surface area contributed by atoms with Crippen molar-refractivity contribution in [3.63, 3.8) is 0 Å². The predicted molar refractivity (Wildman–Crippen MR) is 153 cm³/mol. The van der Waals surface area contributed by atoms with E-state index >= 15 is 0 Å². The second-order valence-electron chi connectivity index (χ2n) is 10.7. The maximum absolute atomic E-state index is 13.8. The van der Waals surface area contributed by atoms with Gasteiger partial charge in [-0.15, -0.1) is 5.10 Å². The summed E-state index contributed by atoms with van der Waals surface area (Å²) in [7, 11) is -3.72. The fraction of sp³-hybridized carbons (Fsp3) is 0.500. The molecule has 0 spiro atoms. The van der Waals surface area contributed by atoms with Gasteiger partial charge >= 0.3 is 0 Å². The Kier molecular flexibility index (Phi) is 9.35.